The largest absolute Gasteiger partial charge is 0.454 e. The summed E-state index contributed by atoms with van der Waals surface area (Å²) in [6.07, 6.45) is 1.59. The second kappa shape index (κ2) is 4.26. The van der Waals surface area contributed by atoms with Crippen molar-refractivity contribution in [1.82, 2.24) is 4.98 Å². The van der Waals surface area contributed by atoms with Crippen molar-refractivity contribution in [1.29, 1.82) is 5.26 Å². The van der Waals surface area contributed by atoms with Gasteiger partial charge in [-0.15, -0.1) is 0 Å². The Labute approximate surface area is 104 Å². The van der Waals surface area contributed by atoms with Crippen LogP contribution in [0.25, 0.3) is 0 Å². The van der Waals surface area contributed by atoms with Crippen LogP contribution in [0.2, 0.25) is 0 Å². The van der Waals surface area contributed by atoms with Gasteiger partial charge in [0.15, 0.2) is 11.5 Å². The SMILES string of the molecule is N#Cc1ccnc(Nc2ccc3c(c2)OCO3)c1. The average molecular weight is 239 g/mol. The second-order valence-electron chi connectivity index (χ2n) is 3.73. The molecule has 0 spiro atoms. The van der Waals surface area contributed by atoms with Crippen LogP contribution in [0, 0.1) is 11.3 Å². The summed E-state index contributed by atoms with van der Waals surface area (Å²) in [6, 6.07) is 11.0. The third-order valence-corrected chi connectivity index (χ3v) is 2.53. The molecule has 1 aliphatic heterocycles. The first-order valence-electron chi connectivity index (χ1n) is 5.38. The maximum Gasteiger partial charge on any atom is 0.231 e. The number of anilines is 2. The van der Waals surface area contributed by atoms with Gasteiger partial charge in [-0.05, 0) is 24.3 Å². The minimum Gasteiger partial charge on any atom is -0.454 e. The first kappa shape index (κ1) is 10.4. The summed E-state index contributed by atoms with van der Waals surface area (Å²) in [6.45, 7) is 0.251. The fraction of sp³-hybridized carbons (Fsp3) is 0.0769. The van der Waals surface area contributed by atoms with Crippen LogP contribution in [0.15, 0.2) is 36.5 Å². The van der Waals surface area contributed by atoms with Crippen molar-refractivity contribution in [3.05, 3.63) is 42.1 Å². The molecular weight excluding hydrogens is 230 g/mol. The lowest BCUT2D eigenvalue weighted by Crippen LogP contribution is -1.94. The van der Waals surface area contributed by atoms with Gasteiger partial charge in [0.25, 0.3) is 0 Å². The highest BCUT2D eigenvalue weighted by Gasteiger charge is 2.13. The van der Waals surface area contributed by atoms with Crippen LogP contribution in [-0.2, 0) is 0 Å². The highest BCUT2D eigenvalue weighted by atomic mass is 16.7. The Morgan fingerprint density at radius 2 is 2.06 bits per heavy atom. The molecule has 5 heteroatoms. The number of nitrogens with zero attached hydrogens (tertiary/aromatic N) is 2. The summed E-state index contributed by atoms with van der Waals surface area (Å²) in [5.74, 6) is 2.06. The lowest BCUT2D eigenvalue weighted by atomic mass is 10.2. The van der Waals surface area contributed by atoms with Gasteiger partial charge in [0.1, 0.15) is 5.82 Å². The first-order valence-corrected chi connectivity index (χ1v) is 5.38. The van der Waals surface area contributed by atoms with Gasteiger partial charge >= 0.3 is 0 Å². The van der Waals surface area contributed by atoms with Crippen LogP contribution in [-0.4, -0.2) is 11.8 Å². The lowest BCUT2D eigenvalue weighted by Gasteiger charge is -2.06. The highest BCUT2D eigenvalue weighted by Crippen LogP contribution is 2.34. The van der Waals surface area contributed by atoms with Gasteiger partial charge in [0.05, 0.1) is 11.6 Å². The minimum atomic E-state index is 0.251. The van der Waals surface area contributed by atoms with Crippen LogP contribution in [0.4, 0.5) is 11.5 Å². The Hall–Kier alpha value is -2.74. The number of ether oxygens (including phenoxy) is 2. The van der Waals surface area contributed by atoms with Crippen molar-refractivity contribution in [2.24, 2.45) is 0 Å². The van der Waals surface area contributed by atoms with Gasteiger partial charge < -0.3 is 14.8 Å². The molecule has 1 aromatic heterocycles. The van der Waals surface area contributed by atoms with Crippen LogP contribution in [0.5, 0.6) is 11.5 Å². The number of benzene rings is 1. The second-order valence-corrected chi connectivity index (χ2v) is 3.73. The van der Waals surface area contributed by atoms with Gasteiger partial charge in [-0.2, -0.15) is 5.26 Å². The molecule has 0 aliphatic carbocycles. The molecule has 1 N–H and O–H groups in total. The van der Waals surface area contributed by atoms with Crippen molar-refractivity contribution in [2.45, 2.75) is 0 Å². The summed E-state index contributed by atoms with van der Waals surface area (Å²) in [5.41, 5.74) is 1.40. The predicted octanol–water partition coefficient (Wildman–Crippen LogP) is 2.43. The third kappa shape index (κ3) is 1.92. The number of hydrogen-bond donors (Lipinski definition) is 1. The molecule has 0 atom stereocenters. The quantitative estimate of drug-likeness (QED) is 0.871. The number of hydrogen-bond acceptors (Lipinski definition) is 5. The number of pyridine rings is 1. The molecule has 0 saturated heterocycles. The summed E-state index contributed by atoms with van der Waals surface area (Å²) in [7, 11) is 0. The molecule has 0 bridgehead atoms. The molecule has 1 aromatic carbocycles. The molecule has 1 aliphatic rings. The van der Waals surface area contributed by atoms with Crippen molar-refractivity contribution in [3.63, 3.8) is 0 Å². The van der Waals surface area contributed by atoms with Crippen molar-refractivity contribution < 1.29 is 9.47 Å². The predicted molar refractivity (Wildman–Crippen MR) is 64.8 cm³/mol. The van der Waals surface area contributed by atoms with E-state index in [1.807, 2.05) is 18.2 Å². The molecule has 0 fully saturated rings. The van der Waals surface area contributed by atoms with Crippen LogP contribution >= 0.6 is 0 Å². The van der Waals surface area contributed by atoms with E-state index in [0.717, 1.165) is 11.4 Å². The van der Waals surface area contributed by atoms with E-state index in [2.05, 4.69) is 16.4 Å². The molecule has 0 saturated carbocycles. The molecule has 0 amide bonds. The molecule has 88 valence electrons. The number of aromatic nitrogens is 1. The molecule has 0 radical (unpaired) electrons. The van der Waals surface area contributed by atoms with Crippen molar-refractivity contribution >= 4 is 11.5 Å². The zero-order valence-electron chi connectivity index (χ0n) is 9.38. The summed E-state index contributed by atoms with van der Waals surface area (Å²) in [5, 5.41) is 11.9. The maximum absolute atomic E-state index is 8.81. The van der Waals surface area contributed by atoms with Gasteiger partial charge in [-0.3, -0.25) is 0 Å². The molecular formula is C13H9N3O2. The van der Waals surface area contributed by atoms with Crippen LogP contribution in [0.1, 0.15) is 5.56 Å². The Balaban J connectivity index is 1.86. The van der Waals surface area contributed by atoms with Crippen molar-refractivity contribution in [3.8, 4) is 17.6 Å². The van der Waals surface area contributed by atoms with Gasteiger partial charge in [0, 0.05) is 18.0 Å². The molecule has 0 unspecified atom stereocenters. The van der Waals surface area contributed by atoms with E-state index in [0.29, 0.717) is 17.1 Å². The maximum atomic E-state index is 8.81. The fourth-order valence-electron chi connectivity index (χ4n) is 1.69. The number of nitriles is 1. The fourth-order valence-corrected chi connectivity index (χ4v) is 1.69. The van der Waals surface area contributed by atoms with E-state index in [-0.39, 0.29) is 6.79 Å². The molecule has 2 heterocycles. The normalized spacial score (nSPS) is 11.9. The topological polar surface area (TPSA) is 67.2 Å². The molecule has 18 heavy (non-hydrogen) atoms. The van der Waals surface area contributed by atoms with Crippen LogP contribution in [0.3, 0.4) is 0 Å². The van der Waals surface area contributed by atoms with E-state index < -0.39 is 0 Å². The van der Waals surface area contributed by atoms with E-state index in [1.54, 1.807) is 18.3 Å². The van der Waals surface area contributed by atoms with E-state index in [9.17, 15) is 0 Å². The van der Waals surface area contributed by atoms with E-state index in [4.69, 9.17) is 14.7 Å². The monoisotopic (exact) mass is 239 g/mol. The highest BCUT2D eigenvalue weighted by molar-refractivity contribution is 5.62. The van der Waals surface area contributed by atoms with Gasteiger partial charge in [-0.1, -0.05) is 0 Å². The zero-order valence-corrected chi connectivity index (χ0v) is 9.38. The molecule has 2 aromatic rings. The lowest BCUT2D eigenvalue weighted by molar-refractivity contribution is 0.174. The average Bonchev–Trinajstić information content (AvgIpc) is 2.86. The third-order valence-electron chi connectivity index (χ3n) is 2.53. The number of fused-ring (bicyclic) bond motifs is 1. The molecule has 3 rings (SSSR count). The Morgan fingerprint density at radius 3 is 2.94 bits per heavy atom. The minimum absolute atomic E-state index is 0.251. The smallest absolute Gasteiger partial charge is 0.231 e. The van der Waals surface area contributed by atoms with E-state index in [1.165, 1.54) is 0 Å². The van der Waals surface area contributed by atoms with Crippen molar-refractivity contribution in [2.75, 3.05) is 12.1 Å². The first-order chi connectivity index (χ1) is 8.85. The van der Waals surface area contributed by atoms with Gasteiger partial charge in [0.2, 0.25) is 6.79 Å². The summed E-state index contributed by atoms with van der Waals surface area (Å²) < 4.78 is 10.5. The molecule has 5 nitrogen and oxygen atoms in total. The Kier molecular flexibility index (Phi) is 2.47. The summed E-state index contributed by atoms with van der Waals surface area (Å²) >= 11 is 0. The standard InChI is InChI=1S/C13H9N3O2/c14-7-9-3-4-15-13(5-9)16-10-1-2-11-12(6-10)18-8-17-11/h1-6H,8H2,(H,15,16). The van der Waals surface area contributed by atoms with Gasteiger partial charge in [-0.25, -0.2) is 4.98 Å². The number of rotatable bonds is 2. The Bertz CT molecular complexity index is 634. The Morgan fingerprint density at radius 1 is 1.17 bits per heavy atom. The zero-order chi connectivity index (χ0) is 12.4. The number of nitrogens with one attached hydrogen (secondary N) is 1. The van der Waals surface area contributed by atoms with Crippen LogP contribution < -0.4 is 14.8 Å². The summed E-state index contributed by atoms with van der Waals surface area (Å²) in [4.78, 5) is 4.14. The van der Waals surface area contributed by atoms with E-state index >= 15 is 0 Å².